The van der Waals surface area contributed by atoms with Gasteiger partial charge in [0.25, 0.3) is 0 Å². The zero-order valence-electron chi connectivity index (χ0n) is 48.3. The third kappa shape index (κ3) is 75.0. The van der Waals surface area contributed by atoms with Gasteiger partial charge in [0.15, 0.2) is 5.78 Å². The van der Waals surface area contributed by atoms with Crippen LogP contribution in [0.25, 0.3) is 0 Å². The molecule has 0 saturated carbocycles. The minimum Gasteiger partial charge on any atom is -1.00 e. The summed E-state index contributed by atoms with van der Waals surface area (Å²) in [7, 11) is 2.04. The van der Waals surface area contributed by atoms with E-state index in [4.69, 9.17) is 14.6 Å². The van der Waals surface area contributed by atoms with E-state index in [0.717, 1.165) is 46.4 Å². The molecule has 0 spiro atoms. The van der Waals surface area contributed by atoms with Crippen LogP contribution in [0.3, 0.4) is 0 Å². The molecule has 0 unspecified atom stereocenters. The Hall–Kier alpha value is -7.09. The van der Waals surface area contributed by atoms with Gasteiger partial charge in [-0.25, -0.2) is 55.2 Å². The van der Waals surface area contributed by atoms with Crippen LogP contribution < -0.4 is 16.5 Å². The molecule has 0 bridgehead atoms. The number of nitrogens with one attached hydrogen (secondary N) is 1. The van der Waals surface area contributed by atoms with Crippen LogP contribution in [0.4, 0.5) is 13.2 Å². The highest BCUT2D eigenvalue weighted by molar-refractivity contribution is 8.04. The van der Waals surface area contributed by atoms with Crippen LogP contribution in [0, 0.1) is 0 Å². The van der Waals surface area contributed by atoms with Gasteiger partial charge in [0.1, 0.15) is 65.9 Å². The van der Waals surface area contributed by atoms with Crippen LogP contribution in [-0.4, -0.2) is 211 Å². The molecular formula is C51H82ClF3N3O22S2+. The van der Waals surface area contributed by atoms with E-state index < -0.39 is 61.4 Å². The second-order valence-electron chi connectivity index (χ2n) is 16.9. The lowest BCUT2D eigenvalue weighted by Gasteiger charge is -2.23. The molecule has 0 fully saturated rings. The molecule has 0 radical (unpaired) electrons. The second-order valence-corrected chi connectivity index (χ2v) is 20.6. The minimum absolute atomic E-state index is 0. The van der Waals surface area contributed by atoms with Crippen molar-refractivity contribution in [2.24, 2.45) is 0 Å². The molecular weight excluding hydrogens is 1160 g/mol. The maximum atomic E-state index is 11.4. The maximum Gasteiger partial charge on any atom is 0.512 e. The Morgan fingerprint density at radius 2 is 0.707 bits per heavy atom. The van der Waals surface area contributed by atoms with E-state index in [2.05, 4.69) is 87.6 Å². The lowest BCUT2D eigenvalue weighted by molar-refractivity contribution is -0.870. The Morgan fingerprint density at radius 1 is 0.476 bits per heavy atom. The van der Waals surface area contributed by atoms with E-state index in [1.165, 1.54) is 12.2 Å². The smallest absolute Gasteiger partial charge is 0.512 e. The van der Waals surface area contributed by atoms with Gasteiger partial charge in [-0.1, -0.05) is 59.2 Å². The zero-order valence-corrected chi connectivity index (χ0v) is 50.7. The third-order valence-electron chi connectivity index (χ3n) is 7.01. The van der Waals surface area contributed by atoms with Crippen molar-refractivity contribution in [1.82, 2.24) is 4.13 Å². The quantitative estimate of drug-likeness (QED) is 0.0333. The number of aliphatic hydroxyl groups excluding tert-OH is 1. The van der Waals surface area contributed by atoms with E-state index in [9.17, 15) is 73.2 Å². The predicted octanol–water partition coefficient (Wildman–Crippen LogP) is 0.252. The van der Waals surface area contributed by atoms with E-state index in [-0.39, 0.29) is 76.4 Å². The van der Waals surface area contributed by atoms with Crippen molar-refractivity contribution in [2.75, 3.05) is 121 Å². The summed E-state index contributed by atoms with van der Waals surface area (Å²) in [6, 6.07) is 0. The Morgan fingerprint density at radius 3 is 0.866 bits per heavy atom. The SMILES string of the molecule is C=C(C)C(=O)CCCO.C=C(C)C(=O)OCCOC(=O)C(=C)C.C=CC(=O)OCCOC(=O)C=C.C=CC(=O)OCCOC(=O)C=C.C=CC(=O)OCC[N+](C)(C)C.C=CC(=O)OCC[N+](C)(C)C.CS(=O)(=O)NS(=O)(=O)C(F)(F)F.[Cl-]. The summed E-state index contributed by atoms with van der Waals surface area (Å²) in [4.78, 5) is 95.2. The number of allylic oxidation sites excluding steroid dienone is 1. The number of nitrogens with zero attached hydrogens (tertiary/aromatic N) is 2. The molecule has 0 aromatic heterocycles. The molecule has 0 rings (SSSR count). The molecule has 0 saturated heterocycles. The summed E-state index contributed by atoms with van der Waals surface area (Å²) in [6.45, 7) is 37.2. The summed E-state index contributed by atoms with van der Waals surface area (Å²) < 4.78 is 114. The van der Waals surface area contributed by atoms with Gasteiger partial charge in [-0.2, -0.15) is 13.2 Å². The standard InChI is InChI=1S/C10H14O4.2C8H16NO2.2C8H10O4.C7H12O2.C2H4F3NO4S2.ClH/c1-7(2)9(11)13-5-6-14-10(12)8(3)4;2*1-5-8(10)11-7-6-9(2,3)4;2*1-3-7(9)11-5-6-12-8(10)4-2;1-6(2)7(9)4-3-5-8;1-11(7,8)6-12(9,10)2(3,4)5;/h1,3,5-6H2,2,4H3;2*5H,1,6-7H2,2-4H3;2*3-4H,1-2,5-6H2;8H,1,3-5H2,2H3;6H,1H3;1H/q;2*+1;;;;;/p-1. The fraction of sp³-hybridized carbons (Fsp3) is 0.471. The molecule has 0 atom stereocenters. The number of hydrogen-bond acceptors (Lipinski definition) is 22. The largest absolute Gasteiger partial charge is 1.00 e. The van der Waals surface area contributed by atoms with Gasteiger partial charge in [0.2, 0.25) is 10.0 Å². The number of sulfonamides is 2. The highest BCUT2D eigenvalue weighted by Gasteiger charge is 2.47. The number of Topliss-reactive ketones (excluding diaryl/α,β-unsaturated/α-hetero) is 1. The first-order valence-corrected chi connectivity index (χ1v) is 26.4. The Labute approximate surface area is 486 Å². The van der Waals surface area contributed by atoms with Crippen molar-refractivity contribution in [2.45, 2.75) is 39.1 Å². The van der Waals surface area contributed by atoms with Crippen molar-refractivity contribution >= 4 is 73.6 Å². The molecule has 2 N–H and O–H groups in total. The Kier molecular flexibility index (Phi) is 58.0. The summed E-state index contributed by atoms with van der Waals surface area (Å²) in [5, 5.41) is 8.32. The second kappa shape index (κ2) is 52.0. The number of carbonyl (C=O) groups excluding carboxylic acids is 9. The normalized spacial score (nSPS) is 10.0. The number of esters is 8. The van der Waals surface area contributed by atoms with Crippen LogP contribution in [-0.2, 0) is 101 Å². The molecule has 31 heteroatoms. The van der Waals surface area contributed by atoms with Crippen LogP contribution >= 0.6 is 0 Å². The first-order valence-electron chi connectivity index (χ1n) is 23.0. The van der Waals surface area contributed by atoms with Crippen molar-refractivity contribution < 1.29 is 138 Å². The van der Waals surface area contributed by atoms with E-state index in [1.54, 1.807) is 20.8 Å². The van der Waals surface area contributed by atoms with Crippen molar-refractivity contribution in [3.63, 3.8) is 0 Å². The molecule has 0 aliphatic carbocycles. The molecule has 82 heavy (non-hydrogen) atoms. The summed E-state index contributed by atoms with van der Waals surface area (Å²) in [5.74, 6) is -3.78. The van der Waals surface area contributed by atoms with Crippen LogP contribution in [0.15, 0.2) is 112 Å². The lowest BCUT2D eigenvalue weighted by Crippen LogP contribution is -3.00. The summed E-state index contributed by atoms with van der Waals surface area (Å²) in [6.07, 6.45) is 7.77. The number of quaternary nitrogens is 2. The Bertz CT molecular complexity index is 2170. The highest BCUT2D eigenvalue weighted by Crippen LogP contribution is 2.21. The van der Waals surface area contributed by atoms with Crippen LogP contribution in [0.1, 0.15) is 33.6 Å². The predicted molar refractivity (Wildman–Crippen MR) is 293 cm³/mol. The van der Waals surface area contributed by atoms with Gasteiger partial charge in [-0.05, 0) is 32.8 Å². The summed E-state index contributed by atoms with van der Waals surface area (Å²) in [5.41, 5.74) is -4.41. The molecule has 0 heterocycles. The van der Waals surface area contributed by atoms with Gasteiger partial charge in [-0.3, -0.25) is 4.79 Å². The number of likely N-dealkylation sites (N-methyl/N-ethyl adjacent to an activating group) is 2. The molecule has 25 nitrogen and oxygen atoms in total. The van der Waals surface area contributed by atoms with Crippen LogP contribution in [0.5, 0.6) is 0 Å². The van der Waals surface area contributed by atoms with Gasteiger partial charge in [-0.15, -0.1) is 4.13 Å². The van der Waals surface area contributed by atoms with E-state index >= 15 is 0 Å². The van der Waals surface area contributed by atoms with Gasteiger partial charge in [0.05, 0.1) is 48.5 Å². The number of rotatable bonds is 29. The molecule has 472 valence electrons. The monoisotopic (exact) mass is 1240 g/mol. The average Bonchev–Trinajstić information content (AvgIpc) is 3.35. The Balaban J connectivity index is -0.000000130. The molecule has 0 aromatic rings. The van der Waals surface area contributed by atoms with E-state index in [0.29, 0.717) is 53.2 Å². The zero-order chi connectivity index (χ0) is 65.2. The first kappa shape index (κ1) is 91.4. The average molecular weight is 1250 g/mol. The summed E-state index contributed by atoms with van der Waals surface area (Å²) >= 11 is 0. The lowest BCUT2D eigenvalue weighted by atomic mass is 10.1. The molecule has 0 aromatic carbocycles. The number of carbonyl (C=O) groups is 9. The molecule has 0 amide bonds. The number of aliphatic hydroxyl groups is 1. The fourth-order valence-corrected chi connectivity index (χ4v) is 4.95. The maximum absolute atomic E-state index is 11.4. The van der Waals surface area contributed by atoms with Crippen molar-refractivity contribution in [1.29, 1.82) is 0 Å². The topological polar surface area (TPSA) is 328 Å². The molecule has 0 aliphatic heterocycles. The molecule has 0 aliphatic rings. The number of ether oxygens (including phenoxy) is 8. The van der Waals surface area contributed by atoms with Gasteiger partial charge < -0.3 is 64.4 Å². The minimum atomic E-state index is -5.79. The third-order valence-corrected chi connectivity index (χ3v) is 9.71. The fourth-order valence-electron chi connectivity index (χ4n) is 2.98. The number of alkyl halides is 3. The number of ketones is 1. The van der Waals surface area contributed by atoms with E-state index in [1.807, 2.05) is 42.3 Å². The van der Waals surface area contributed by atoms with Gasteiger partial charge in [0, 0.05) is 60.6 Å². The number of halogens is 4. The highest BCUT2D eigenvalue weighted by atomic mass is 35.5. The first-order chi connectivity index (χ1) is 36.9. The van der Waals surface area contributed by atoms with Crippen LogP contribution in [0.2, 0.25) is 0 Å². The number of hydrogen-bond donors (Lipinski definition) is 2. The van der Waals surface area contributed by atoms with Crippen molar-refractivity contribution in [3.8, 4) is 0 Å². The van der Waals surface area contributed by atoms with Crippen molar-refractivity contribution in [3.05, 3.63) is 112 Å². The van der Waals surface area contributed by atoms with Gasteiger partial charge >= 0.3 is 63.3 Å².